The van der Waals surface area contributed by atoms with E-state index < -0.39 is 9.84 Å². The highest BCUT2D eigenvalue weighted by atomic mass is 35.5. The maximum atomic E-state index is 12.9. The van der Waals surface area contributed by atoms with Crippen LogP contribution in [0.2, 0.25) is 9.36 Å². The zero-order valence-corrected chi connectivity index (χ0v) is 16.1. The molecule has 4 heterocycles. The summed E-state index contributed by atoms with van der Waals surface area (Å²) in [6, 6.07) is 4.79. The maximum Gasteiger partial charge on any atom is 0.231 e. The Kier molecular flexibility index (Phi) is 4.41. The van der Waals surface area contributed by atoms with E-state index in [1.54, 1.807) is 18.3 Å². The number of aromatic nitrogens is 2. The number of halogens is 2. The van der Waals surface area contributed by atoms with Crippen LogP contribution in [0.15, 0.2) is 33.6 Å². The van der Waals surface area contributed by atoms with Gasteiger partial charge in [-0.05, 0) is 18.2 Å². The molecule has 132 valence electrons. The number of sulfone groups is 1. The highest BCUT2D eigenvalue weighted by molar-refractivity contribution is 7.93. The van der Waals surface area contributed by atoms with Gasteiger partial charge in [0.1, 0.15) is 19.4 Å². The first-order chi connectivity index (χ1) is 12.0. The van der Waals surface area contributed by atoms with Crippen LogP contribution in [0.1, 0.15) is 0 Å². The van der Waals surface area contributed by atoms with Gasteiger partial charge in [-0.2, -0.15) is 0 Å². The van der Waals surface area contributed by atoms with Crippen LogP contribution in [0.4, 0.5) is 5.82 Å². The lowest BCUT2D eigenvalue weighted by Crippen LogP contribution is -2.43. The fourth-order valence-corrected chi connectivity index (χ4v) is 6.12. The molecule has 4 rings (SSSR count). The van der Waals surface area contributed by atoms with E-state index in [0.29, 0.717) is 0 Å². The van der Waals surface area contributed by atoms with Gasteiger partial charge >= 0.3 is 0 Å². The number of rotatable bonds is 3. The van der Waals surface area contributed by atoms with Gasteiger partial charge in [-0.15, -0.1) is 11.3 Å². The zero-order valence-electron chi connectivity index (χ0n) is 12.9. The number of pyridine rings is 1. The molecule has 0 amide bonds. The average molecular weight is 417 g/mol. The summed E-state index contributed by atoms with van der Waals surface area (Å²) >= 11 is 12.8. The summed E-state index contributed by atoms with van der Waals surface area (Å²) in [7, 11) is -3.71. The molecule has 0 aliphatic carbocycles. The van der Waals surface area contributed by atoms with Crippen LogP contribution in [0.3, 0.4) is 0 Å². The van der Waals surface area contributed by atoms with Crippen molar-refractivity contribution in [1.29, 1.82) is 0 Å². The molecule has 10 heteroatoms. The minimum atomic E-state index is -3.71. The number of piperazine rings is 1. The van der Waals surface area contributed by atoms with Gasteiger partial charge in [-0.1, -0.05) is 23.2 Å². The first-order valence-electron chi connectivity index (χ1n) is 7.60. The van der Waals surface area contributed by atoms with E-state index in [-0.39, 0.29) is 18.6 Å². The normalized spacial score (nSPS) is 15.8. The molecular formula is C15H14Cl2N4O2S2. The minimum absolute atomic E-state index is 0.112. The number of aromatic amines is 1. The second kappa shape index (κ2) is 6.44. The Labute approximate surface area is 158 Å². The van der Waals surface area contributed by atoms with Crippen LogP contribution in [-0.4, -0.2) is 44.6 Å². The van der Waals surface area contributed by atoms with Crippen molar-refractivity contribution in [2.75, 3.05) is 31.1 Å². The molecule has 1 saturated heterocycles. The molecule has 0 unspecified atom stereocenters. The quantitative estimate of drug-likeness (QED) is 0.685. The van der Waals surface area contributed by atoms with Crippen LogP contribution < -0.4 is 10.2 Å². The molecule has 1 aliphatic heterocycles. The number of hydrogen-bond donors (Lipinski definition) is 2. The number of nitrogens with zero attached hydrogens (tertiary/aromatic N) is 2. The Morgan fingerprint density at radius 1 is 1.20 bits per heavy atom. The van der Waals surface area contributed by atoms with Crippen molar-refractivity contribution in [1.82, 2.24) is 15.3 Å². The van der Waals surface area contributed by atoms with Crippen molar-refractivity contribution in [3.05, 3.63) is 33.8 Å². The molecule has 1 aliphatic rings. The highest BCUT2D eigenvalue weighted by Crippen LogP contribution is 2.38. The van der Waals surface area contributed by atoms with Crippen molar-refractivity contribution in [3.8, 4) is 0 Å². The van der Waals surface area contributed by atoms with Crippen LogP contribution in [0, 0.1) is 0 Å². The smallest absolute Gasteiger partial charge is 0.231 e. The minimum Gasteiger partial charge on any atom is -0.354 e. The second-order valence-corrected chi connectivity index (χ2v) is 9.86. The Morgan fingerprint density at radius 3 is 2.64 bits per heavy atom. The third-order valence-electron chi connectivity index (χ3n) is 4.10. The van der Waals surface area contributed by atoms with Crippen LogP contribution >= 0.6 is 34.5 Å². The standard InChI is InChI=1S/C15H14Cl2N4O2S2/c16-10-8-13(24-14(10)17)25(22,23)12-7-9-11(20-12)1-2-19-15(9)21-5-3-18-4-6-21/h1-2,7-8,18,20H,3-6H2. The Bertz CT molecular complexity index is 1020. The van der Waals surface area contributed by atoms with E-state index >= 15 is 0 Å². The van der Waals surface area contributed by atoms with Crippen molar-refractivity contribution < 1.29 is 8.42 Å². The molecule has 0 atom stereocenters. The Hall–Kier alpha value is -1.32. The summed E-state index contributed by atoms with van der Waals surface area (Å²) in [6.07, 6.45) is 1.69. The predicted octanol–water partition coefficient (Wildman–Crippen LogP) is 3.17. The van der Waals surface area contributed by atoms with E-state index in [1.807, 2.05) is 0 Å². The summed E-state index contributed by atoms with van der Waals surface area (Å²) in [5.74, 6) is 0.791. The molecule has 0 aromatic carbocycles. The molecular weight excluding hydrogens is 403 g/mol. The van der Waals surface area contributed by atoms with Crippen molar-refractivity contribution in [2.45, 2.75) is 9.24 Å². The predicted molar refractivity (Wildman–Crippen MR) is 101 cm³/mol. The van der Waals surface area contributed by atoms with Crippen LogP contribution in [0.5, 0.6) is 0 Å². The molecule has 0 saturated carbocycles. The molecule has 3 aromatic heterocycles. The van der Waals surface area contributed by atoms with Gasteiger partial charge in [0.05, 0.1) is 10.5 Å². The lowest BCUT2D eigenvalue weighted by atomic mass is 10.2. The summed E-state index contributed by atoms with van der Waals surface area (Å²) in [4.78, 5) is 9.61. The summed E-state index contributed by atoms with van der Waals surface area (Å²) in [6.45, 7) is 3.41. The number of thiophene rings is 1. The molecule has 0 radical (unpaired) electrons. The van der Waals surface area contributed by atoms with Gasteiger partial charge < -0.3 is 15.2 Å². The number of hydrogen-bond acceptors (Lipinski definition) is 6. The van der Waals surface area contributed by atoms with E-state index in [9.17, 15) is 8.42 Å². The lowest BCUT2D eigenvalue weighted by molar-refractivity contribution is 0.586. The van der Waals surface area contributed by atoms with Gasteiger partial charge in [-0.3, -0.25) is 0 Å². The van der Waals surface area contributed by atoms with E-state index in [1.165, 1.54) is 6.07 Å². The van der Waals surface area contributed by atoms with E-state index in [4.69, 9.17) is 23.2 Å². The van der Waals surface area contributed by atoms with E-state index in [2.05, 4.69) is 20.2 Å². The SMILES string of the molecule is O=S(=O)(c1cc2c(N3CCNCC3)nccc2[nH]1)c1cc(Cl)c(Cl)s1. The van der Waals surface area contributed by atoms with Crippen molar-refractivity contribution >= 4 is 61.1 Å². The molecule has 1 fully saturated rings. The van der Waals surface area contributed by atoms with Gasteiger partial charge in [-0.25, -0.2) is 13.4 Å². The summed E-state index contributed by atoms with van der Waals surface area (Å²) in [5.41, 5.74) is 0.732. The highest BCUT2D eigenvalue weighted by Gasteiger charge is 2.25. The topological polar surface area (TPSA) is 78.1 Å². The lowest BCUT2D eigenvalue weighted by Gasteiger charge is -2.28. The van der Waals surface area contributed by atoms with Crippen LogP contribution in [-0.2, 0) is 9.84 Å². The maximum absolute atomic E-state index is 12.9. The Balaban J connectivity index is 1.81. The molecule has 25 heavy (non-hydrogen) atoms. The number of fused-ring (bicyclic) bond motifs is 1. The second-order valence-electron chi connectivity index (χ2n) is 5.66. The number of H-pyrrole nitrogens is 1. The third kappa shape index (κ3) is 3.02. The fourth-order valence-electron chi connectivity index (χ4n) is 2.85. The van der Waals surface area contributed by atoms with Gasteiger partial charge in [0.2, 0.25) is 9.84 Å². The molecule has 2 N–H and O–H groups in total. The Morgan fingerprint density at radius 2 is 1.96 bits per heavy atom. The molecule has 0 spiro atoms. The third-order valence-corrected chi connectivity index (χ3v) is 8.11. The summed E-state index contributed by atoms with van der Waals surface area (Å²) in [5, 5.41) is 4.44. The van der Waals surface area contributed by atoms with Crippen molar-refractivity contribution in [2.24, 2.45) is 0 Å². The van der Waals surface area contributed by atoms with Gasteiger partial charge in [0.15, 0.2) is 0 Å². The van der Waals surface area contributed by atoms with E-state index in [0.717, 1.165) is 54.2 Å². The first kappa shape index (κ1) is 17.1. The zero-order chi connectivity index (χ0) is 17.6. The number of nitrogens with one attached hydrogen (secondary N) is 2. The largest absolute Gasteiger partial charge is 0.354 e. The molecule has 6 nitrogen and oxygen atoms in total. The molecule has 3 aromatic rings. The van der Waals surface area contributed by atoms with Gasteiger partial charge in [0.25, 0.3) is 0 Å². The van der Waals surface area contributed by atoms with Crippen LogP contribution in [0.25, 0.3) is 10.9 Å². The monoisotopic (exact) mass is 416 g/mol. The fraction of sp³-hybridized carbons (Fsp3) is 0.267. The average Bonchev–Trinajstić information content (AvgIpc) is 3.20. The molecule has 0 bridgehead atoms. The first-order valence-corrected chi connectivity index (χ1v) is 10.7. The van der Waals surface area contributed by atoms with Gasteiger partial charge in [0, 0.05) is 37.8 Å². The van der Waals surface area contributed by atoms with Crippen molar-refractivity contribution in [3.63, 3.8) is 0 Å². The summed E-state index contributed by atoms with van der Waals surface area (Å²) < 4.78 is 26.1. The number of anilines is 1.